The number of benzene rings is 1. The molecule has 3 heteroatoms. The van der Waals surface area contributed by atoms with E-state index in [1.54, 1.807) is 0 Å². The van der Waals surface area contributed by atoms with Gasteiger partial charge in [0.2, 0.25) is 0 Å². The zero-order valence-corrected chi connectivity index (χ0v) is 13.8. The quantitative estimate of drug-likeness (QED) is 0.842. The summed E-state index contributed by atoms with van der Waals surface area (Å²) in [6.45, 7) is 8.00. The Bertz CT molecular complexity index is 425. The molecule has 1 aromatic carbocycles. The van der Waals surface area contributed by atoms with E-state index >= 15 is 0 Å². The number of rotatable bonds is 1. The molecule has 0 aliphatic carbocycles. The van der Waals surface area contributed by atoms with E-state index in [-0.39, 0.29) is 11.6 Å². The largest absolute Gasteiger partial charge is 0.326 e. The summed E-state index contributed by atoms with van der Waals surface area (Å²) in [6.07, 6.45) is 3.59. The molecule has 1 aliphatic rings. The lowest BCUT2D eigenvalue weighted by atomic mass is 9.92. The van der Waals surface area contributed by atoms with E-state index in [2.05, 4.69) is 65.9 Å². The van der Waals surface area contributed by atoms with Crippen LogP contribution >= 0.6 is 15.9 Å². The summed E-state index contributed by atoms with van der Waals surface area (Å²) in [5.41, 5.74) is 7.97. The molecule has 1 aliphatic heterocycles. The van der Waals surface area contributed by atoms with Crippen molar-refractivity contribution >= 4 is 15.9 Å². The highest BCUT2D eigenvalue weighted by molar-refractivity contribution is 9.10. The summed E-state index contributed by atoms with van der Waals surface area (Å²) >= 11 is 3.58. The van der Waals surface area contributed by atoms with Crippen LogP contribution in [0, 0.1) is 0 Å². The molecule has 19 heavy (non-hydrogen) atoms. The molecule has 1 fully saturated rings. The predicted octanol–water partition coefficient (Wildman–Crippen LogP) is 4.10. The second-order valence-electron chi connectivity index (χ2n) is 6.52. The Labute approximate surface area is 125 Å². The van der Waals surface area contributed by atoms with Crippen molar-refractivity contribution in [2.75, 3.05) is 6.54 Å². The van der Waals surface area contributed by atoms with E-state index in [4.69, 9.17) is 5.73 Å². The van der Waals surface area contributed by atoms with Crippen molar-refractivity contribution in [3.8, 4) is 0 Å². The van der Waals surface area contributed by atoms with E-state index in [0.717, 1.165) is 17.4 Å². The summed E-state index contributed by atoms with van der Waals surface area (Å²) < 4.78 is 1.13. The van der Waals surface area contributed by atoms with Crippen LogP contribution in [0.15, 0.2) is 28.7 Å². The van der Waals surface area contributed by atoms with Gasteiger partial charge in [-0.15, -0.1) is 0 Å². The van der Waals surface area contributed by atoms with Gasteiger partial charge in [-0.25, -0.2) is 0 Å². The average molecular weight is 325 g/mol. The van der Waals surface area contributed by atoms with Gasteiger partial charge in [0.25, 0.3) is 0 Å². The van der Waals surface area contributed by atoms with Gasteiger partial charge in [0.1, 0.15) is 0 Å². The Morgan fingerprint density at radius 2 is 2.00 bits per heavy atom. The second-order valence-corrected chi connectivity index (χ2v) is 7.44. The number of halogens is 1. The van der Waals surface area contributed by atoms with Crippen LogP contribution in [-0.4, -0.2) is 23.0 Å². The Kier molecular flexibility index (Phi) is 4.70. The average Bonchev–Trinajstić information content (AvgIpc) is 2.50. The van der Waals surface area contributed by atoms with Crippen LogP contribution < -0.4 is 5.73 Å². The van der Waals surface area contributed by atoms with Crippen LogP contribution in [-0.2, 0) is 0 Å². The fourth-order valence-corrected chi connectivity index (χ4v) is 3.48. The molecule has 1 heterocycles. The van der Waals surface area contributed by atoms with Crippen molar-refractivity contribution in [3.63, 3.8) is 0 Å². The highest BCUT2D eigenvalue weighted by Gasteiger charge is 2.35. The molecule has 0 aromatic heterocycles. The number of likely N-dealkylation sites (tertiary alicyclic amines) is 1. The monoisotopic (exact) mass is 324 g/mol. The minimum absolute atomic E-state index is 0.148. The van der Waals surface area contributed by atoms with Gasteiger partial charge in [0.15, 0.2) is 0 Å². The maximum atomic E-state index is 6.49. The first-order chi connectivity index (χ1) is 8.89. The van der Waals surface area contributed by atoms with Crippen LogP contribution in [0.4, 0.5) is 0 Å². The Hall–Kier alpha value is -0.380. The topological polar surface area (TPSA) is 29.3 Å². The van der Waals surface area contributed by atoms with Crippen LogP contribution in [0.3, 0.4) is 0 Å². The van der Waals surface area contributed by atoms with Crippen LogP contribution in [0.2, 0.25) is 0 Å². The summed E-state index contributed by atoms with van der Waals surface area (Å²) in [5, 5.41) is 0. The number of nitrogens with two attached hydrogens (primary N) is 1. The van der Waals surface area contributed by atoms with E-state index in [0.29, 0.717) is 6.04 Å². The minimum Gasteiger partial charge on any atom is -0.326 e. The van der Waals surface area contributed by atoms with Crippen molar-refractivity contribution in [1.82, 2.24) is 4.90 Å². The smallest absolute Gasteiger partial charge is 0.0504 e. The first-order valence-electron chi connectivity index (χ1n) is 7.17. The van der Waals surface area contributed by atoms with Gasteiger partial charge in [-0.05, 0) is 57.9 Å². The first kappa shape index (κ1) is 15.0. The van der Waals surface area contributed by atoms with Crippen LogP contribution in [0.25, 0.3) is 0 Å². The third-order valence-electron chi connectivity index (χ3n) is 3.98. The molecule has 0 spiro atoms. The van der Waals surface area contributed by atoms with Gasteiger partial charge in [0.05, 0.1) is 6.04 Å². The van der Waals surface area contributed by atoms with Crippen molar-refractivity contribution in [2.24, 2.45) is 5.73 Å². The summed E-state index contributed by atoms with van der Waals surface area (Å²) in [6, 6.07) is 9.15. The maximum absolute atomic E-state index is 6.49. The molecule has 0 amide bonds. The molecule has 106 valence electrons. The maximum Gasteiger partial charge on any atom is 0.0504 e. The molecule has 2 nitrogen and oxygen atoms in total. The SMILES string of the molecule is CC(C)(C)N1CCCCC(N)C1c1cccc(Br)c1. The van der Waals surface area contributed by atoms with E-state index in [1.807, 2.05) is 0 Å². The zero-order chi connectivity index (χ0) is 14.0. The fourth-order valence-electron chi connectivity index (χ4n) is 3.06. The third-order valence-corrected chi connectivity index (χ3v) is 4.47. The molecule has 1 saturated heterocycles. The highest BCUT2D eigenvalue weighted by Crippen LogP contribution is 2.35. The standard InChI is InChI=1S/C16H25BrN2/c1-16(2,3)19-10-5-4-9-14(18)15(19)12-7-6-8-13(17)11-12/h6-8,11,14-15H,4-5,9-10,18H2,1-3H3. The lowest BCUT2D eigenvalue weighted by Crippen LogP contribution is -2.49. The van der Waals surface area contributed by atoms with Crippen molar-refractivity contribution in [1.29, 1.82) is 0 Å². The molecular formula is C16H25BrN2. The lowest BCUT2D eigenvalue weighted by molar-refractivity contribution is 0.0755. The van der Waals surface area contributed by atoms with E-state index in [9.17, 15) is 0 Å². The van der Waals surface area contributed by atoms with Crippen molar-refractivity contribution in [2.45, 2.75) is 57.7 Å². The summed E-state index contributed by atoms with van der Waals surface area (Å²) in [4.78, 5) is 2.58. The molecule has 0 saturated carbocycles. The predicted molar refractivity (Wildman–Crippen MR) is 85.2 cm³/mol. The van der Waals surface area contributed by atoms with Crippen molar-refractivity contribution in [3.05, 3.63) is 34.3 Å². The molecule has 2 N–H and O–H groups in total. The third kappa shape index (κ3) is 3.59. The Balaban J connectivity index is 2.40. The summed E-state index contributed by atoms with van der Waals surface area (Å²) in [7, 11) is 0. The van der Waals surface area contributed by atoms with Crippen LogP contribution in [0.5, 0.6) is 0 Å². The van der Waals surface area contributed by atoms with Gasteiger partial charge in [-0.3, -0.25) is 4.90 Å². The number of hydrogen-bond donors (Lipinski definition) is 1. The molecule has 0 radical (unpaired) electrons. The van der Waals surface area contributed by atoms with Crippen molar-refractivity contribution < 1.29 is 0 Å². The minimum atomic E-state index is 0.148. The van der Waals surface area contributed by atoms with E-state index < -0.39 is 0 Å². The Morgan fingerprint density at radius 1 is 1.26 bits per heavy atom. The molecule has 1 aromatic rings. The molecular weight excluding hydrogens is 300 g/mol. The highest BCUT2D eigenvalue weighted by atomic mass is 79.9. The second kappa shape index (κ2) is 5.94. The molecule has 2 rings (SSSR count). The van der Waals surface area contributed by atoms with Gasteiger partial charge in [-0.2, -0.15) is 0 Å². The summed E-state index contributed by atoms with van der Waals surface area (Å²) in [5.74, 6) is 0. The first-order valence-corrected chi connectivity index (χ1v) is 7.96. The van der Waals surface area contributed by atoms with Crippen LogP contribution in [0.1, 0.15) is 51.6 Å². The Morgan fingerprint density at radius 3 is 2.63 bits per heavy atom. The molecule has 2 unspecified atom stereocenters. The lowest BCUT2D eigenvalue weighted by Gasteiger charge is -2.43. The zero-order valence-electron chi connectivity index (χ0n) is 12.2. The number of nitrogens with zero attached hydrogens (tertiary/aromatic N) is 1. The van der Waals surface area contributed by atoms with E-state index in [1.165, 1.54) is 18.4 Å². The van der Waals surface area contributed by atoms with Gasteiger partial charge in [0, 0.05) is 16.1 Å². The van der Waals surface area contributed by atoms with Gasteiger partial charge >= 0.3 is 0 Å². The van der Waals surface area contributed by atoms with Gasteiger partial charge in [-0.1, -0.05) is 34.5 Å². The number of hydrogen-bond acceptors (Lipinski definition) is 2. The normalized spacial score (nSPS) is 26.2. The fraction of sp³-hybridized carbons (Fsp3) is 0.625. The molecule has 2 atom stereocenters. The van der Waals surface area contributed by atoms with Gasteiger partial charge < -0.3 is 5.73 Å². The molecule has 0 bridgehead atoms.